The minimum atomic E-state index is -0.397. The van der Waals surface area contributed by atoms with E-state index in [4.69, 9.17) is 4.74 Å². The van der Waals surface area contributed by atoms with Crippen molar-refractivity contribution in [1.29, 1.82) is 0 Å². The first-order valence-electron chi connectivity index (χ1n) is 5.10. The second-order valence-electron chi connectivity index (χ2n) is 3.17. The highest BCUT2D eigenvalue weighted by atomic mass is 16.5. The summed E-state index contributed by atoms with van der Waals surface area (Å²) in [4.78, 5) is 21.7. The molecule has 88 valence electrons. The van der Waals surface area contributed by atoms with Crippen molar-refractivity contribution in [3.63, 3.8) is 0 Å². The Balaban J connectivity index is 2.78. The molecule has 0 aliphatic carbocycles. The number of aldehydes is 1. The molecule has 0 saturated heterocycles. The second kappa shape index (κ2) is 6.33. The zero-order valence-electron chi connectivity index (χ0n) is 9.40. The molecular formula is C13H12O4. The number of phenolic OH excluding ortho intramolecular Hbond substituents is 1. The minimum absolute atomic E-state index is 0.00282. The highest BCUT2D eigenvalue weighted by Crippen LogP contribution is 2.13. The summed E-state index contributed by atoms with van der Waals surface area (Å²) in [5.74, 6) is 4.91. The van der Waals surface area contributed by atoms with E-state index in [2.05, 4.69) is 11.8 Å². The standard InChI is InChI=1S/C13H12O4/c1-2-17-13(16)5-3-4-10-6-7-12(15)8-11(10)9-14/h6-9,15H,2,5H2,1H3. The fourth-order valence-electron chi connectivity index (χ4n) is 1.19. The highest BCUT2D eigenvalue weighted by Gasteiger charge is 2.00. The summed E-state index contributed by atoms with van der Waals surface area (Å²) in [6.45, 7) is 2.04. The molecule has 0 amide bonds. The van der Waals surface area contributed by atoms with Crippen LogP contribution < -0.4 is 0 Å². The summed E-state index contributed by atoms with van der Waals surface area (Å²) < 4.78 is 4.70. The molecule has 0 aliphatic rings. The van der Waals surface area contributed by atoms with Gasteiger partial charge in [0.15, 0.2) is 6.29 Å². The van der Waals surface area contributed by atoms with Gasteiger partial charge in [0.1, 0.15) is 12.2 Å². The Labute approximate surface area is 99.2 Å². The predicted octanol–water partition coefficient (Wildman–Crippen LogP) is 1.51. The zero-order valence-corrected chi connectivity index (χ0v) is 9.40. The first kappa shape index (κ1) is 12.8. The number of aromatic hydroxyl groups is 1. The summed E-state index contributed by atoms with van der Waals surface area (Å²) in [5, 5.41) is 9.17. The number of carbonyl (C=O) groups excluding carboxylic acids is 2. The van der Waals surface area contributed by atoms with Gasteiger partial charge in [0.25, 0.3) is 0 Å². The number of benzene rings is 1. The Bertz CT molecular complexity index is 480. The molecule has 4 nitrogen and oxygen atoms in total. The van der Waals surface area contributed by atoms with E-state index in [0.29, 0.717) is 24.0 Å². The molecule has 0 radical (unpaired) electrons. The molecule has 0 heterocycles. The largest absolute Gasteiger partial charge is 0.508 e. The van der Waals surface area contributed by atoms with E-state index in [1.807, 2.05) is 0 Å². The normalized spacial score (nSPS) is 9.00. The summed E-state index contributed by atoms with van der Waals surface area (Å²) in [6.07, 6.45) is 0.584. The predicted molar refractivity (Wildman–Crippen MR) is 61.6 cm³/mol. The molecule has 0 spiro atoms. The zero-order chi connectivity index (χ0) is 12.7. The lowest BCUT2D eigenvalue weighted by atomic mass is 10.1. The van der Waals surface area contributed by atoms with Gasteiger partial charge in [-0.3, -0.25) is 9.59 Å². The summed E-state index contributed by atoms with van der Waals surface area (Å²) in [7, 11) is 0. The Morgan fingerprint density at radius 1 is 1.53 bits per heavy atom. The molecule has 0 atom stereocenters. The third-order valence-corrected chi connectivity index (χ3v) is 1.92. The van der Waals surface area contributed by atoms with Crippen LogP contribution in [0.2, 0.25) is 0 Å². The molecule has 1 N–H and O–H groups in total. The van der Waals surface area contributed by atoms with Gasteiger partial charge in [-0.15, -0.1) is 0 Å². The van der Waals surface area contributed by atoms with Crippen LogP contribution in [0.3, 0.4) is 0 Å². The monoisotopic (exact) mass is 232 g/mol. The van der Waals surface area contributed by atoms with Gasteiger partial charge in [0.05, 0.1) is 6.61 Å². The quantitative estimate of drug-likeness (QED) is 0.487. The van der Waals surface area contributed by atoms with Gasteiger partial charge in [0.2, 0.25) is 0 Å². The molecule has 0 bridgehead atoms. The Kier molecular flexibility index (Phi) is 4.77. The fraction of sp³-hybridized carbons (Fsp3) is 0.231. The van der Waals surface area contributed by atoms with Crippen LogP contribution in [-0.4, -0.2) is 24.0 Å². The topological polar surface area (TPSA) is 63.6 Å². The van der Waals surface area contributed by atoms with Crippen LogP contribution in [-0.2, 0) is 9.53 Å². The maximum atomic E-state index is 11.0. The van der Waals surface area contributed by atoms with Crippen LogP contribution in [0, 0.1) is 11.8 Å². The minimum Gasteiger partial charge on any atom is -0.508 e. The van der Waals surface area contributed by atoms with Crippen LogP contribution in [0.4, 0.5) is 0 Å². The lowest BCUT2D eigenvalue weighted by molar-refractivity contribution is -0.141. The SMILES string of the molecule is CCOC(=O)CC#Cc1ccc(O)cc1C=O. The van der Waals surface area contributed by atoms with Crippen molar-refractivity contribution >= 4 is 12.3 Å². The van der Waals surface area contributed by atoms with E-state index in [1.165, 1.54) is 18.2 Å². The number of esters is 1. The smallest absolute Gasteiger partial charge is 0.317 e. The molecule has 0 aliphatic heterocycles. The lowest BCUT2D eigenvalue weighted by Crippen LogP contribution is -2.01. The maximum absolute atomic E-state index is 11.0. The molecule has 1 aromatic carbocycles. The van der Waals surface area contributed by atoms with Crippen molar-refractivity contribution in [2.75, 3.05) is 6.61 Å². The van der Waals surface area contributed by atoms with E-state index in [9.17, 15) is 14.7 Å². The molecule has 0 unspecified atom stereocenters. The van der Waals surface area contributed by atoms with Gasteiger partial charge in [-0.05, 0) is 25.1 Å². The highest BCUT2D eigenvalue weighted by molar-refractivity contribution is 5.80. The van der Waals surface area contributed by atoms with Crippen molar-refractivity contribution in [1.82, 2.24) is 0 Å². The van der Waals surface area contributed by atoms with Gasteiger partial charge in [-0.2, -0.15) is 0 Å². The van der Waals surface area contributed by atoms with Crippen molar-refractivity contribution in [2.24, 2.45) is 0 Å². The Morgan fingerprint density at radius 3 is 2.94 bits per heavy atom. The van der Waals surface area contributed by atoms with Crippen molar-refractivity contribution < 1.29 is 19.4 Å². The second-order valence-corrected chi connectivity index (χ2v) is 3.17. The maximum Gasteiger partial charge on any atom is 0.317 e. The number of phenols is 1. The molecular weight excluding hydrogens is 220 g/mol. The van der Waals surface area contributed by atoms with E-state index in [0.717, 1.165) is 0 Å². The third-order valence-electron chi connectivity index (χ3n) is 1.92. The van der Waals surface area contributed by atoms with E-state index in [-0.39, 0.29) is 12.2 Å². The number of carbonyl (C=O) groups is 2. The van der Waals surface area contributed by atoms with Crippen LogP contribution >= 0.6 is 0 Å². The van der Waals surface area contributed by atoms with E-state index in [1.54, 1.807) is 6.92 Å². The summed E-state index contributed by atoms with van der Waals surface area (Å²) >= 11 is 0. The molecule has 0 saturated carbocycles. The van der Waals surface area contributed by atoms with E-state index >= 15 is 0 Å². The van der Waals surface area contributed by atoms with Crippen molar-refractivity contribution in [3.8, 4) is 17.6 Å². The van der Waals surface area contributed by atoms with Gasteiger partial charge in [-0.1, -0.05) is 11.8 Å². The first-order valence-corrected chi connectivity index (χ1v) is 5.10. The third kappa shape index (κ3) is 3.99. The van der Waals surface area contributed by atoms with Crippen molar-refractivity contribution in [2.45, 2.75) is 13.3 Å². The number of ether oxygens (including phenoxy) is 1. The van der Waals surface area contributed by atoms with Gasteiger partial charge < -0.3 is 9.84 Å². The van der Waals surface area contributed by atoms with Gasteiger partial charge >= 0.3 is 5.97 Å². The average molecular weight is 232 g/mol. The van der Waals surface area contributed by atoms with Crippen molar-refractivity contribution in [3.05, 3.63) is 29.3 Å². The van der Waals surface area contributed by atoms with Gasteiger partial charge in [-0.25, -0.2) is 0 Å². The average Bonchev–Trinajstić information content (AvgIpc) is 2.31. The van der Waals surface area contributed by atoms with E-state index < -0.39 is 5.97 Å². The number of rotatable bonds is 3. The molecule has 17 heavy (non-hydrogen) atoms. The van der Waals surface area contributed by atoms with Crippen LogP contribution in [0.5, 0.6) is 5.75 Å². The lowest BCUT2D eigenvalue weighted by Gasteiger charge is -1.97. The molecule has 0 aromatic heterocycles. The van der Waals surface area contributed by atoms with Crippen LogP contribution in [0.1, 0.15) is 29.3 Å². The van der Waals surface area contributed by atoms with Crippen LogP contribution in [0.15, 0.2) is 18.2 Å². The Hall–Kier alpha value is -2.28. The van der Waals surface area contributed by atoms with Crippen LogP contribution in [0.25, 0.3) is 0 Å². The molecule has 4 heteroatoms. The molecule has 0 fully saturated rings. The molecule has 1 aromatic rings. The fourth-order valence-corrected chi connectivity index (χ4v) is 1.19. The summed E-state index contributed by atoms with van der Waals surface area (Å²) in [6, 6.07) is 4.28. The van der Waals surface area contributed by atoms with Gasteiger partial charge in [0, 0.05) is 11.1 Å². The number of hydrogen-bond acceptors (Lipinski definition) is 4. The summed E-state index contributed by atoms with van der Waals surface area (Å²) in [5.41, 5.74) is 0.767. The molecule has 1 rings (SSSR count). The Morgan fingerprint density at radius 2 is 2.29 bits per heavy atom. The first-order chi connectivity index (χ1) is 8.17. The number of hydrogen-bond donors (Lipinski definition) is 1.